The van der Waals surface area contributed by atoms with Gasteiger partial charge in [0.1, 0.15) is 0 Å². The number of carbonyl (C=O) groups excluding carboxylic acids is 2. The summed E-state index contributed by atoms with van der Waals surface area (Å²) in [5.41, 5.74) is 0.856. The Morgan fingerprint density at radius 1 is 1.24 bits per heavy atom. The summed E-state index contributed by atoms with van der Waals surface area (Å²) in [6.45, 7) is 2.21. The standard InChI is InChI=1S/C21H29BrO3/c1-3-4-5-6-7-9-12-17-15-20(22)21(24)19(17)14-11-8-10-13-18(16-23)25-2/h9,12,14-15,17H,3-8,10-11,13H2,1-2H3. The SMILES string of the molecule is CCCCCCC=CC1C=C(Br)C(=O)C1=CCCCCC(=C=O)OC. The number of allylic oxidation sites excluding steroid dienone is 7. The van der Waals surface area contributed by atoms with Gasteiger partial charge < -0.3 is 4.74 Å². The highest BCUT2D eigenvalue weighted by atomic mass is 79.9. The number of halogens is 1. The van der Waals surface area contributed by atoms with E-state index >= 15 is 0 Å². The van der Waals surface area contributed by atoms with E-state index in [0.717, 1.165) is 31.3 Å². The Hall–Kier alpha value is -1.38. The zero-order valence-corrected chi connectivity index (χ0v) is 16.9. The van der Waals surface area contributed by atoms with E-state index in [2.05, 4.69) is 35.0 Å². The van der Waals surface area contributed by atoms with Crippen LogP contribution in [0.1, 0.15) is 64.7 Å². The molecule has 1 atom stereocenters. The maximum Gasteiger partial charge on any atom is 0.196 e. The minimum atomic E-state index is 0.0810. The number of unbranched alkanes of at least 4 members (excludes halogenated alkanes) is 6. The first-order valence-electron chi connectivity index (χ1n) is 9.20. The largest absolute Gasteiger partial charge is 0.490 e. The van der Waals surface area contributed by atoms with E-state index in [1.54, 1.807) is 5.94 Å². The van der Waals surface area contributed by atoms with Gasteiger partial charge in [-0.3, -0.25) is 4.79 Å². The molecule has 1 rings (SSSR count). The van der Waals surface area contributed by atoms with Crippen molar-refractivity contribution in [2.45, 2.75) is 64.7 Å². The van der Waals surface area contributed by atoms with Gasteiger partial charge in [-0.2, -0.15) is 0 Å². The van der Waals surface area contributed by atoms with Gasteiger partial charge in [-0.15, -0.1) is 0 Å². The van der Waals surface area contributed by atoms with Gasteiger partial charge in [0.15, 0.2) is 17.5 Å². The Morgan fingerprint density at radius 3 is 2.68 bits per heavy atom. The van der Waals surface area contributed by atoms with Gasteiger partial charge in [0.25, 0.3) is 0 Å². The Bertz CT molecular complexity index is 566. The Morgan fingerprint density at radius 2 is 2.00 bits per heavy atom. The van der Waals surface area contributed by atoms with Crippen molar-refractivity contribution in [2.75, 3.05) is 7.11 Å². The predicted molar refractivity (Wildman–Crippen MR) is 106 cm³/mol. The van der Waals surface area contributed by atoms with Crippen LogP contribution in [0.5, 0.6) is 0 Å². The minimum Gasteiger partial charge on any atom is -0.490 e. The molecule has 1 aliphatic carbocycles. The van der Waals surface area contributed by atoms with E-state index in [-0.39, 0.29) is 11.7 Å². The summed E-state index contributed by atoms with van der Waals surface area (Å²) in [6, 6.07) is 0. The van der Waals surface area contributed by atoms with Gasteiger partial charge in [0, 0.05) is 17.9 Å². The van der Waals surface area contributed by atoms with Gasteiger partial charge in [0.05, 0.1) is 11.6 Å². The first-order chi connectivity index (χ1) is 12.1. The summed E-state index contributed by atoms with van der Waals surface area (Å²) < 4.78 is 5.56. The molecule has 25 heavy (non-hydrogen) atoms. The van der Waals surface area contributed by atoms with Crippen LogP contribution in [0.15, 0.2) is 40.1 Å². The molecule has 1 aliphatic rings. The zero-order valence-electron chi connectivity index (χ0n) is 15.4. The second-order valence-electron chi connectivity index (χ2n) is 6.28. The monoisotopic (exact) mass is 408 g/mol. The summed E-state index contributed by atoms with van der Waals surface area (Å²) in [6.07, 6.45) is 17.6. The molecule has 0 radical (unpaired) electrons. The molecule has 0 fully saturated rings. The van der Waals surface area contributed by atoms with Gasteiger partial charge in [0.2, 0.25) is 0 Å². The van der Waals surface area contributed by atoms with Gasteiger partial charge in [-0.25, -0.2) is 4.79 Å². The molecule has 0 aromatic rings. The lowest BCUT2D eigenvalue weighted by atomic mass is 9.98. The van der Waals surface area contributed by atoms with Gasteiger partial charge >= 0.3 is 0 Å². The summed E-state index contributed by atoms with van der Waals surface area (Å²) in [5, 5.41) is 0. The molecule has 0 saturated heterocycles. The van der Waals surface area contributed by atoms with Crippen LogP contribution in [0.25, 0.3) is 0 Å². The van der Waals surface area contributed by atoms with Crippen molar-refractivity contribution in [3.8, 4) is 0 Å². The first-order valence-corrected chi connectivity index (χ1v) is 10.00. The Labute approximate surface area is 160 Å². The molecule has 1 unspecified atom stereocenters. The highest BCUT2D eigenvalue weighted by Gasteiger charge is 2.26. The van der Waals surface area contributed by atoms with Crippen LogP contribution < -0.4 is 0 Å². The van der Waals surface area contributed by atoms with Crippen LogP contribution in [0.2, 0.25) is 0 Å². The van der Waals surface area contributed by atoms with Crippen LogP contribution in [0.4, 0.5) is 0 Å². The number of methoxy groups -OCH3 is 1. The van der Waals surface area contributed by atoms with E-state index in [0.29, 0.717) is 16.7 Å². The third-order valence-electron chi connectivity index (χ3n) is 4.31. The fourth-order valence-corrected chi connectivity index (χ4v) is 3.33. The van der Waals surface area contributed by atoms with Crippen LogP contribution in [0, 0.1) is 5.92 Å². The summed E-state index contributed by atoms with van der Waals surface area (Å²) in [5.74, 6) is 2.33. The zero-order chi connectivity index (χ0) is 18.5. The van der Waals surface area contributed by atoms with Crippen molar-refractivity contribution in [3.63, 3.8) is 0 Å². The van der Waals surface area contributed by atoms with E-state index in [1.807, 2.05) is 12.2 Å². The molecular weight excluding hydrogens is 380 g/mol. The smallest absolute Gasteiger partial charge is 0.196 e. The number of ketones is 1. The first kappa shape index (κ1) is 21.7. The molecule has 0 aromatic carbocycles. The van der Waals surface area contributed by atoms with E-state index < -0.39 is 0 Å². The minimum absolute atomic E-state index is 0.0810. The fourth-order valence-electron chi connectivity index (χ4n) is 2.81. The normalized spacial score (nSPS) is 18.7. The Kier molecular flexibility index (Phi) is 11.2. The number of carbonyl (C=O) groups is 1. The molecular formula is C21H29BrO3. The van der Waals surface area contributed by atoms with Crippen molar-refractivity contribution < 1.29 is 14.3 Å². The third-order valence-corrected chi connectivity index (χ3v) is 4.94. The van der Waals surface area contributed by atoms with Gasteiger partial charge in [-0.1, -0.05) is 50.5 Å². The highest BCUT2D eigenvalue weighted by Crippen LogP contribution is 2.32. The summed E-state index contributed by atoms with van der Waals surface area (Å²) in [4.78, 5) is 22.8. The van der Waals surface area contributed by atoms with Gasteiger partial charge in [-0.05, 0) is 48.0 Å². The van der Waals surface area contributed by atoms with Crippen molar-refractivity contribution in [1.29, 1.82) is 0 Å². The van der Waals surface area contributed by atoms with Crippen LogP contribution in [-0.4, -0.2) is 18.8 Å². The molecule has 0 aromatic heterocycles. The lowest BCUT2D eigenvalue weighted by Crippen LogP contribution is -2.01. The number of Topliss-reactive ketones (excluding diaryl/α,β-unsaturated/α-hetero) is 1. The quantitative estimate of drug-likeness (QED) is 0.134. The number of hydrogen-bond acceptors (Lipinski definition) is 3. The molecule has 0 heterocycles. The Balaban J connectivity index is 2.47. The summed E-state index contributed by atoms with van der Waals surface area (Å²) >= 11 is 3.36. The summed E-state index contributed by atoms with van der Waals surface area (Å²) in [7, 11) is 1.49. The molecule has 0 amide bonds. The van der Waals surface area contributed by atoms with Crippen LogP contribution in [-0.2, 0) is 14.3 Å². The van der Waals surface area contributed by atoms with Crippen molar-refractivity contribution >= 4 is 27.7 Å². The average Bonchev–Trinajstić information content (AvgIpc) is 2.88. The molecule has 0 aliphatic heterocycles. The molecule has 4 heteroatoms. The van der Waals surface area contributed by atoms with Crippen LogP contribution in [0.3, 0.4) is 0 Å². The van der Waals surface area contributed by atoms with E-state index in [1.165, 1.54) is 32.8 Å². The maximum atomic E-state index is 12.3. The number of hydrogen-bond donors (Lipinski definition) is 0. The molecule has 0 N–H and O–H groups in total. The topological polar surface area (TPSA) is 43.4 Å². The van der Waals surface area contributed by atoms with Crippen molar-refractivity contribution in [3.05, 3.63) is 40.1 Å². The second-order valence-corrected chi connectivity index (χ2v) is 7.14. The second kappa shape index (κ2) is 12.9. The molecule has 0 spiro atoms. The van der Waals surface area contributed by atoms with E-state index in [9.17, 15) is 9.59 Å². The van der Waals surface area contributed by atoms with Crippen molar-refractivity contribution in [1.82, 2.24) is 0 Å². The third kappa shape index (κ3) is 8.02. The average molecular weight is 409 g/mol. The lowest BCUT2D eigenvalue weighted by molar-refractivity contribution is -0.111. The fraction of sp³-hybridized carbons (Fsp3) is 0.571. The lowest BCUT2D eigenvalue weighted by Gasteiger charge is -2.05. The molecule has 0 saturated carbocycles. The number of rotatable bonds is 12. The maximum absolute atomic E-state index is 12.3. The molecule has 0 bridgehead atoms. The highest BCUT2D eigenvalue weighted by molar-refractivity contribution is 9.12. The van der Waals surface area contributed by atoms with E-state index in [4.69, 9.17) is 4.74 Å². The number of ether oxygens (including phenoxy) is 1. The van der Waals surface area contributed by atoms with Crippen molar-refractivity contribution in [2.24, 2.45) is 5.92 Å². The predicted octanol–water partition coefficient (Wildman–Crippen LogP) is 5.84. The molecule has 3 nitrogen and oxygen atoms in total. The van der Waals surface area contributed by atoms with Crippen LogP contribution >= 0.6 is 15.9 Å². The molecule has 138 valence electrons.